The fourth-order valence-corrected chi connectivity index (χ4v) is 1.85. The van der Waals surface area contributed by atoms with Crippen molar-refractivity contribution in [3.63, 3.8) is 0 Å². The van der Waals surface area contributed by atoms with E-state index in [4.69, 9.17) is 21.1 Å². The molecule has 0 spiro atoms. The van der Waals surface area contributed by atoms with Crippen molar-refractivity contribution < 1.29 is 19.1 Å². The molecule has 0 heterocycles. The van der Waals surface area contributed by atoms with Crippen LogP contribution in [0.1, 0.15) is 25.8 Å². The van der Waals surface area contributed by atoms with Gasteiger partial charge in [0.05, 0.1) is 13.5 Å². The summed E-state index contributed by atoms with van der Waals surface area (Å²) in [5.41, 5.74) is 0.623. The van der Waals surface area contributed by atoms with Crippen LogP contribution in [-0.4, -0.2) is 31.6 Å². The molecule has 1 aromatic carbocycles. The average molecular weight is 314 g/mol. The first-order valence-electron chi connectivity index (χ1n) is 6.73. The Kier molecular flexibility index (Phi) is 7.02. The standard InChI is InChI=1S/C15H20ClNO4/c1-4-10(2)17-14(18)9-21-15(19)8-11-7-12(16)5-6-13(11)20-3/h5-7,10H,4,8-9H2,1-3H3,(H,17,18)/t10-/m0/s1. The van der Waals surface area contributed by atoms with Crippen LogP contribution in [0.15, 0.2) is 18.2 Å². The molecule has 0 unspecified atom stereocenters. The quantitative estimate of drug-likeness (QED) is 0.785. The molecular weight excluding hydrogens is 294 g/mol. The maximum absolute atomic E-state index is 11.8. The summed E-state index contributed by atoms with van der Waals surface area (Å²) in [5.74, 6) is -0.258. The molecule has 0 aliphatic heterocycles. The van der Waals surface area contributed by atoms with Gasteiger partial charge in [-0.25, -0.2) is 0 Å². The van der Waals surface area contributed by atoms with Crippen molar-refractivity contribution in [3.8, 4) is 5.75 Å². The summed E-state index contributed by atoms with van der Waals surface area (Å²) < 4.78 is 10.1. The Morgan fingerprint density at radius 3 is 2.71 bits per heavy atom. The lowest BCUT2D eigenvalue weighted by molar-refractivity contribution is -0.148. The Balaban J connectivity index is 2.51. The van der Waals surface area contributed by atoms with E-state index < -0.39 is 5.97 Å². The molecular formula is C15H20ClNO4. The highest BCUT2D eigenvalue weighted by Crippen LogP contribution is 2.23. The Labute approximate surface area is 129 Å². The molecule has 0 aliphatic carbocycles. The minimum Gasteiger partial charge on any atom is -0.496 e. The lowest BCUT2D eigenvalue weighted by Gasteiger charge is -2.12. The second-order valence-electron chi connectivity index (χ2n) is 4.67. The number of rotatable bonds is 7. The van der Waals surface area contributed by atoms with Crippen molar-refractivity contribution in [2.75, 3.05) is 13.7 Å². The van der Waals surface area contributed by atoms with E-state index in [1.165, 1.54) is 7.11 Å². The number of halogens is 1. The second-order valence-corrected chi connectivity index (χ2v) is 5.11. The third kappa shape index (κ3) is 6.04. The van der Waals surface area contributed by atoms with E-state index in [0.29, 0.717) is 16.3 Å². The van der Waals surface area contributed by atoms with E-state index in [9.17, 15) is 9.59 Å². The lowest BCUT2D eigenvalue weighted by Crippen LogP contribution is -2.35. The summed E-state index contributed by atoms with van der Waals surface area (Å²) in [5, 5.41) is 3.23. The smallest absolute Gasteiger partial charge is 0.310 e. The summed E-state index contributed by atoms with van der Waals surface area (Å²) in [4.78, 5) is 23.3. The van der Waals surface area contributed by atoms with Gasteiger partial charge < -0.3 is 14.8 Å². The van der Waals surface area contributed by atoms with Crippen LogP contribution in [-0.2, 0) is 20.7 Å². The second kappa shape index (κ2) is 8.52. The van der Waals surface area contributed by atoms with E-state index in [2.05, 4.69) is 5.32 Å². The van der Waals surface area contributed by atoms with Gasteiger partial charge in [-0.1, -0.05) is 18.5 Å². The highest BCUT2D eigenvalue weighted by atomic mass is 35.5. The Morgan fingerprint density at radius 2 is 2.10 bits per heavy atom. The van der Waals surface area contributed by atoms with Crippen LogP contribution in [0.3, 0.4) is 0 Å². The van der Waals surface area contributed by atoms with E-state index in [0.717, 1.165) is 6.42 Å². The number of carbonyl (C=O) groups excluding carboxylic acids is 2. The van der Waals surface area contributed by atoms with Gasteiger partial charge in [-0.2, -0.15) is 0 Å². The summed E-state index contributed by atoms with van der Waals surface area (Å²) in [6.07, 6.45) is 0.819. The van der Waals surface area contributed by atoms with E-state index in [1.54, 1.807) is 18.2 Å². The van der Waals surface area contributed by atoms with Gasteiger partial charge in [-0.05, 0) is 31.5 Å². The first-order chi connectivity index (χ1) is 9.96. The first kappa shape index (κ1) is 17.3. The maximum atomic E-state index is 11.8. The van der Waals surface area contributed by atoms with Gasteiger partial charge in [0.15, 0.2) is 6.61 Å². The molecule has 0 saturated heterocycles. The number of benzene rings is 1. The molecule has 116 valence electrons. The molecule has 21 heavy (non-hydrogen) atoms. The predicted molar refractivity (Wildman–Crippen MR) is 80.6 cm³/mol. The molecule has 0 radical (unpaired) electrons. The minimum absolute atomic E-state index is 0.000342. The van der Waals surface area contributed by atoms with Crippen molar-refractivity contribution in [3.05, 3.63) is 28.8 Å². The van der Waals surface area contributed by atoms with Crippen LogP contribution in [0.4, 0.5) is 0 Å². The monoisotopic (exact) mass is 313 g/mol. The van der Waals surface area contributed by atoms with Gasteiger partial charge in [-0.15, -0.1) is 0 Å². The number of hydrogen-bond donors (Lipinski definition) is 1. The third-order valence-corrected chi connectivity index (χ3v) is 3.20. The zero-order valence-corrected chi connectivity index (χ0v) is 13.2. The number of esters is 1. The van der Waals surface area contributed by atoms with Gasteiger partial charge in [0.25, 0.3) is 5.91 Å². The van der Waals surface area contributed by atoms with Crippen LogP contribution >= 0.6 is 11.6 Å². The summed E-state index contributed by atoms with van der Waals surface area (Å²) in [6, 6.07) is 5.06. The molecule has 0 aromatic heterocycles. The highest BCUT2D eigenvalue weighted by molar-refractivity contribution is 6.30. The normalized spacial score (nSPS) is 11.6. The fourth-order valence-electron chi connectivity index (χ4n) is 1.66. The molecule has 1 aromatic rings. The zero-order chi connectivity index (χ0) is 15.8. The number of nitrogens with one attached hydrogen (secondary N) is 1. The number of amides is 1. The number of hydrogen-bond acceptors (Lipinski definition) is 4. The van der Waals surface area contributed by atoms with Crippen molar-refractivity contribution in [1.29, 1.82) is 0 Å². The molecule has 0 fully saturated rings. The highest BCUT2D eigenvalue weighted by Gasteiger charge is 2.13. The van der Waals surface area contributed by atoms with Gasteiger partial charge in [-0.3, -0.25) is 9.59 Å². The SMILES string of the molecule is CC[C@H](C)NC(=O)COC(=O)Cc1cc(Cl)ccc1OC. The minimum atomic E-state index is -0.505. The first-order valence-corrected chi connectivity index (χ1v) is 7.11. The van der Waals surface area contributed by atoms with Gasteiger partial charge >= 0.3 is 5.97 Å². The summed E-state index contributed by atoms with van der Waals surface area (Å²) in [7, 11) is 1.51. The molecule has 1 rings (SSSR count). The van der Waals surface area contributed by atoms with Gasteiger partial charge in [0.1, 0.15) is 5.75 Å². The Hall–Kier alpha value is -1.75. The average Bonchev–Trinajstić information content (AvgIpc) is 2.45. The van der Waals surface area contributed by atoms with Crippen molar-refractivity contribution in [2.24, 2.45) is 0 Å². The molecule has 0 bridgehead atoms. The van der Waals surface area contributed by atoms with Crippen LogP contribution in [0.2, 0.25) is 5.02 Å². The van der Waals surface area contributed by atoms with Crippen molar-refractivity contribution in [1.82, 2.24) is 5.32 Å². The third-order valence-electron chi connectivity index (χ3n) is 2.96. The van der Waals surface area contributed by atoms with E-state index >= 15 is 0 Å². The van der Waals surface area contributed by atoms with Crippen molar-refractivity contribution >= 4 is 23.5 Å². The zero-order valence-electron chi connectivity index (χ0n) is 12.4. The Morgan fingerprint density at radius 1 is 1.38 bits per heavy atom. The molecule has 1 amide bonds. The van der Waals surface area contributed by atoms with Crippen LogP contribution in [0, 0.1) is 0 Å². The fraction of sp³-hybridized carbons (Fsp3) is 0.467. The van der Waals surface area contributed by atoms with Gasteiger partial charge in [0, 0.05) is 16.6 Å². The molecule has 1 atom stereocenters. The Bertz CT molecular complexity index is 504. The van der Waals surface area contributed by atoms with E-state index in [-0.39, 0.29) is 25.0 Å². The molecule has 5 nitrogen and oxygen atoms in total. The van der Waals surface area contributed by atoms with Crippen LogP contribution in [0.25, 0.3) is 0 Å². The van der Waals surface area contributed by atoms with E-state index in [1.807, 2.05) is 13.8 Å². The maximum Gasteiger partial charge on any atom is 0.310 e. The number of methoxy groups -OCH3 is 1. The number of carbonyl (C=O) groups is 2. The van der Waals surface area contributed by atoms with Gasteiger partial charge in [0.2, 0.25) is 0 Å². The topological polar surface area (TPSA) is 64.6 Å². The molecule has 6 heteroatoms. The summed E-state index contributed by atoms with van der Waals surface area (Å²) >= 11 is 5.89. The molecule has 0 saturated carbocycles. The van der Waals surface area contributed by atoms with Crippen molar-refractivity contribution in [2.45, 2.75) is 32.7 Å². The summed E-state index contributed by atoms with van der Waals surface area (Å²) in [6.45, 7) is 3.56. The number of ether oxygens (including phenoxy) is 2. The molecule has 0 aliphatic rings. The predicted octanol–water partition coefficient (Wildman–Crippen LogP) is 2.35. The van der Waals surface area contributed by atoms with Crippen LogP contribution < -0.4 is 10.1 Å². The molecule has 1 N–H and O–H groups in total. The lowest BCUT2D eigenvalue weighted by atomic mass is 10.1. The largest absolute Gasteiger partial charge is 0.496 e. The van der Waals surface area contributed by atoms with Crippen LogP contribution in [0.5, 0.6) is 5.75 Å².